The fourth-order valence-corrected chi connectivity index (χ4v) is 1.99. The third kappa shape index (κ3) is 7.15. The molecule has 6 heteroatoms. The zero-order chi connectivity index (χ0) is 15.8. The number of aliphatic hydroxyl groups excluding tert-OH is 1. The predicted molar refractivity (Wildman–Crippen MR) is 105 cm³/mol. The standard InChI is InChI=1S/C16H26ClN3O.HI/c1-5-18-16(20-12(4)11(2)3)19-10-15(21)13-8-6-7-9-14(13)17;/h6-9,11-12,15,21H,5,10H2,1-4H3,(H2,18,19,20);1H. The molecule has 0 heterocycles. The topological polar surface area (TPSA) is 56.7 Å². The van der Waals surface area contributed by atoms with Crippen LogP contribution >= 0.6 is 35.6 Å². The number of nitrogens with one attached hydrogen (secondary N) is 2. The van der Waals surface area contributed by atoms with E-state index in [9.17, 15) is 5.11 Å². The molecular formula is C16H27ClIN3O. The van der Waals surface area contributed by atoms with Crippen molar-refractivity contribution in [2.45, 2.75) is 39.8 Å². The van der Waals surface area contributed by atoms with E-state index in [1.54, 1.807) is 6.07 Å². The van der Waals surface area contributed by atoms with Crippen LogP contribution in [-0.4, -0.2) is 30.2 Å². The van der Waals surface area contributed by atoms with E-state index in [-0.39, 0.29) is 30.5 Å². The van der Waals surface area contributed by atoms with Gasteiger partial charge in [0.25, 0.3) is 0 Å². The predicted octanol–water partition coefficient (Wildman–Crippen LogP) is 3.59. The van der Waals surface area contributed by atoms with Gasteiger partial charge in [-0.25, -0.2) is 0 Å². The minimum Gasteiger partial charge on any atom is -0.386 e. The summed E-state index contributed by atoms with van der Waals surface area (Å²) in [7, 11) is 0. The molecule has 1 aromatic carbocycles. The lowest BCUT2D eigenvalue weighted by Crippen LogP contribution is -2.44. The monoisotopic (exact) mass is 439 g/mol. The van der Waals surface area contributed by atoms with Crippen LogP contribution in [0.3, 0.4) is 0 Å². The first-order valence-corrected chi connectivity index (χ1v) is 7.80. The van der Waals surface area contributed by atoms with E-state index in [0.717, 1.165) is 6.54 Å². The van der Waals surface area contributed by atoms with Crippen LogP contribution in [0.5, 0.6) is 0 Å². The number of guanidine groups is 1. The summed E-state index contributed by atoms with van der Waals surface area (Å²) in [6.45, 7) is 9.48. The Bertz CT molecular complexity index is 468. The van der Waals surface area contributed by atoms with Crippen LogP contribution in [0.15, 0.2) is 29.3 Å². The zero-order valence-corrected chi connectivity index (χ0v) is 16.7. The van der Waals surface area contributed by atoms with Crippen molar-refractivity contribution in [2.24, 2.45) is 10.9 Å². The van der Waals surface area contributed by atoms with Crippen LogP contribution < -0.4 is 10.6 Å². The minimum atomic E-state index is -0.705. The Morgan fingerprint density at radius 1 is 1.27 bits per heavy atom. The maximum atomic E-state index is 10.2. The molecule has 0 amide bonds. The van der Waals surface area contributed by atoms with Gasteiger partial charge < -0.3 is 15.7 Å². The molecule has 0 spiro atoms. The maximum Gasteiger partial charge on any atom is 0.191 e. The summed E-state index contributed by atoms with van der Waals surface area (Å²) in [6, 6.07) is 7.60. The van der Waals surface area contributed by atoms with Crippen molar-refractivity contribution in [3.05, 3.63) is 34.9 Å². The van der Waals surface area contributed by atoms with Crippen LogP contribution in [0.4, 0.5) is 0 Å². The van der Waals surface area contributed by atoms with Gasteiger partial charge in [-0.05, 0) is 25.8 Å². The van der Waals surface area contributed by atoms with Crippen molar-refractivity contribution in [1.29, 1.82) is 0 Å². The van der Waals surface area contributed by atoms with E-state index in [4.69, 9.17) is 11.6 Å². The van der Waals surface area contributed by atoms with Gasteiger partial charge in [-0.1, -0.05) is 43.6 Å². The molecule has 2 atom stereocenters. The molecule has 0 aromatic heterocycles. The lowest BCUT2D eigenvalue weighted by Gasteiger charge is -2.21. The number of hydrogen-bond donors (Lipinski definition) is 3. The molecule has 0 saturated carbocycles. The van der Waals surface area contributed by atoms with Crippen molar-refractivity contribution in [1.82, 2.24) is 10.6 Å². The van der Waals surface area contributed by atoms with Gasteiger partial charge in [0.15, 0.2) is 5.96 Å². The molecule has 126 valence electrons. The van der Waals surface area contributed by atoms with Crippen molar-refractivity contribution >= 4 is 41.5 Å². The van der Waals surface area contributed by atoms with Gasteiger partial charge in [0.2, 0.25) is 0 Å². The van der Waals surface area contributed by atoms with E-state index >= 15 is 0 Å². The summed E-state index contributed by atoms with van der Waals surface area (Å²) in [5, 5.41) is 17.3. The average Bonchev–Trinajstić information content (AvgIpc) is 2.45. The van der Waals surface area contributed by atoms with Crippen LogP contribution in [0.25, 0.3) is 0 Å². The summed E-state index contributed by atoms with van der Waals surface area (Å²) < 4.78 is 0. The molecule has 0 saturated heterocycles. The van der Waals surface area contributed by atoms with E-state index < -0.39 is 6.10 Å². The number of aliphatic hydroxyl groups is 1. The number of aliphatic imine (C=N–C) groups is 1. The summed E-state index contributed by atoms with van der Waals surface area (Å²) in [5.74, 6) is 1.21. The molecule has 1 aromatic rings. The lowest BCUT2D eigenvalue weighted by molar-refractivity contribution is 0.187. The Morgan fingerprint density at radius 2 is 1.91 bits per heavy atom. The molecule has 0 aliphatic heterocycles. The fraction of sp³-hybridized carbons (Fsp3) is 0.562. The van der Waals surface area contributed by atoms with Gasteiger partial charge >= 0.3 is 0 Å². The second kappa shape index (κ2) is 11.1. The Morgan fingerprint density at radius 3 is 2.45 bits per heavy atom. The molecule has 2 unspecified atom stereocenters. The highest BCUT2D eigenvalue weighted by Gasteiger charge is 2.12. The first-order valence-electron chi connectivity index (χ1n) is 7.43. The van der Waals surface area contributed by atoms with Crippen molar-refractivity contribution < 1.29 is 5.11 Å². The number of nitrogens with zero attached hydrogens (tertiary/aromatic N) is 1. The van der Waals surface area contributed by atoms with Crippen LogP contribution in [0.2, 0.25) is 5.02 Å². The zero-order valence-electron chi connectivity index (χ0n) is 13.6. The van der Waals surface area contributed by atoms with Gasteiger partial charge in [0.1, 0.15) is 6.10 Å². The van der Waals surface area contributed by atoms with E-state index in [2.05, 4.69) is 36.4 Å². The van der Waals surface area contributed by atoms with Crippen molar-refractivity contribution in [2.75, 3.05) is 13.1 Å². The summed E-state index contributed by atoms with van der Waals surface area (Å²) in [4.78, 5) is 4.44. The average molecular weight is 440 g/mol. The Hall–Kier alpha value is -0.530. The third-order valence-electron chi connectivity index (χ3n) is 3.40. The van der Waals surface area contributed by atoms with Crippen molar-refractivity contribution in [3.63, 3.8) is 0 Å². The SMILES string of the molecule is CCNC(=NCC(O)c1ccccc1Cl)NC(C)C(C)C.I. The number of benzene rings is 1. The van der Waals surface area contributed by atoms with Gasteiger partial charge in [-0.3, -0.25) is 4.99 Å². The van der Waals surface area contributed by atoms with E-state index in [1.165, 1.54) is 0 Å². The quantitative estimate of drug-likeness (QED) is 0.361. The number of hydrogen-bond acceptors (Lipinski definition) is 2. The fourth-order valence-electron chi connectivity index (χ4n) is 1.72. The highest BCUT2D eigenvalue weighted by Crippen LogP contribution is 2.22. The molecule has 0 bridgehead atoms. The summed E-state index contributed by atoms with van der Waals surface area (Å²) in [6.07, 6.45) is -0.705. The Labute approximate surface area is 155 Å². The van der Waals surface area contributed by atoms with Crippen LogP contribution in [0, 0.1) is 5.92 Å². The molecule has 0 fully saturated rings. The molecule has 3 N–H and O–H groups in total. The smallest absolute Gasteiger partial charge is 0.191 e. The number of halogens is 2. The molecule has 1 rings (SSSR count). The van der Waals surface area contributed by atoms with Crippen LogP contribution in [-0.2, 0) is 0 Å². The first-order chi connectivity index (χ1) is 9.95. The van der Waals surface area contributed by atoms with Gasteiger partial charge in [-0.15, -0.1) is 24.0 Å². The van der Waals surface area contributed by atoms with Gasteiger partial charge in [-0.2, -0.15) is 0 Å². The molecule has 0 aliphatic rings. The second-order valence-corrected chi connectivity index (χ2v) is 5.84. The summed E-state index contributed by atoms with van der Waals surface area (Å²) in [5.41, 5.74) is 0.704. The van der Waals surface area contributed by atoms with Gasteiger partial charge in [0.05, 0.1) is 6.54 Å². The lowest BCUT2D eigenvalue weighted by atomic mass is 10.1. The minimum absolute atomic E-state index is 0. The Balaban J connectivity index is 0.00000441. The molecule has 22 heavy (non-hydrogen) atoms. The van der Waals surface area contributed by atoms with E-state index in [0.29, 0.717) is 28.5 Å². The van der Waals surface area contributed by atoms with E-state index in [1.807, 2.05) is 25.1 Å². The molecule has 0 aliphatic carbocycles. The first kappa shape index (κ1) is 21.5. The highest BCUT2D eigenvalue weighted by molar-refractivity contribution is 14.0. The summed E-state index contributed by atoms with van der Waals surface area (Å²) >= 11 is 6.08. The largest absolute Gasteiger partial charge is 0.386 e. The second-order valence-electron chi connectivity index (χ2n) is 5.43. The van der Waals surface area contributed by atoms with Crippen LogP contribution in [0.1, 0.15) is 39.4 Å². The normalized spacial score (nSPS) is 14.2. The highest BCUT2D eigenvalue weighted by atomic mass is 127. The number of rotatable bonds is 6. The maximum absolute atomic E-state index is 10.2. The third-order valence-corrected chi connectivity index (χ3v) is 3.74. The van der Waals surface area contributed by atoms with Gasteiger partial charge in [0, 0.05) is 23.2 Å². The molecule has 4 nitrogen and oxygen atoms in total. The Kier molecular flexibility index (Phi) is 10.8. The molecule has 0 radical (unpaired) electrons. The van der Waals surface area contributed by atoms with Crippen molar-refractivity contribution in [3.8, 4) is 0 Å². The molecular weight excluding hydrogens is 413 g/mol.